The van der Waals surface area contributed by atoms with Gasteiger partial charge < -0.3 is 15.1 Å². The molecule has 8 heteroatoms. The zero-order chi connectivity index (χ0) is 17.1. The van der Waals surface area contributed by atoms with E-state index in [1.54, 1.807) is 6.07 Å². The van der Waals surface area contributed by atoms with Gasteiger partial charge in [0.15, 0.2) is 17.5 Å². The average Bonchev–Trinajstić information content (AvgIpc) is 2.62. The first-order valence-electron chi connectivity index (χ1n) is 7.78. The lowest BCUT2D eigenvalue weighted by molar-refractivity contribution is 0.270. The van der Waals surface area contributed by atoms with Crippen molar-refractivity contribution in [2.24, 2.45) is 0 Å². The van der Waals surface area contributed by atoms with E-state index >= 15 is 0 Å². The zero-order valence-corrected chi connectivity index (χ0v) is 13.3. The Morgan fingerprint density at radius 2 is 1.79 bits per heavy atom. The summed E-state index contributed by atoms with van der Waals surface area (Å²) in [6.45, 7) is 6.70. The van der Waals surface area contributed by atoms with E-state index in [0.29, 0.717) is 11.6 Å². The Kier molecular flexibility index (Phi) is 4.84. The SMILES string of the molecule is CCN1CCN(c2cc(Nc3ccc(F)c(F)c3F)ncn2)CC1. The Morgan fingerprint density at radius 1 is 1.04 bits per heavy atom. The topological polar surface area (TPSA) is 44.3 Å². The van der Waals surface area contributed by atoms with Gasteiger partial charge in [-0.2, -0.15) is 0 Å². The van der Waals surface area contributed by atoms with Crippen molar-refractivity contribution in [2.45, 2.75) is 6.92 Å². The van der Waals surface area contributed by atoms with E-state index < -0.39 is 17.5 Å². The van der Waals surface area contributed by atoms with E-state index in [1.807, 2.05) is 0 Å². The fourth-order valence-corrected chi connectivity index (χ4v) is 2.64. The third-order valence-electron chi connectivity index (χ3n) is 4.09. The summed E-state index contributed by atoms with van der Waals surface area (Å²) in [5.74, 6) is -2.97. The second-order valence-electron chi connectivity index (χ2n) is 5.53. The van der Waals surface area contributed by atoms with E-state index in [2.05, 4.69) is 32.0 Å². The van der Waals surface area contributed by atoms with Crippen LogP contribution in [0, 0.1) is 17.5 Å². The summed E-state index contributed by atoms with van der Waals surface area (Å²) in [5, 5.41) is 2.67. The molecule has 0 bridgehead atoms. The molecule has 0 aliphatic carbocycles. The molecule has 24 heavy (non-hydrogen) atoms. The van der Waals surface area contributed by atoms with Crippen LogP contribution in [0.5, 0.6) is 0 Å². The summed E-state index contributed by atoms with van der Waals surface area (Å²) in [7, 11) is 0. The van der Waals surface area contributed by atoms with Gasteiger partial charge in [0.1, 0.15) is 18.0 Å². The number of nitrogens with one attached hydrogen (secondary N) is 1. The second kappa shape index (κ2) is 7.04. The van der Waals surface area contributed by atoms with Crippen molar-refractivity contribution in [2.75, 3.05) is 42.9 Å². The number of rotatable bonds is 4. The van der Waals surface area contributed by atoms with E-state index in [9.17, 15) is 13.2 Å². The molecule has 2 aromatic rings. The standard InChI is InChI=1S/C16H18F3N5/c1-2-23-5-7-24(8-6-23)14-9-13(20-10-21-14)22-12-4-3-11(17)15(18)16(12)19/h3-4,9-10H,2,5-8H2,1H3,(H,20,21,22). The van der Waals surface area contributed by atoms with Crippen molar-refractivity contribution in [3.63, 3.8) is 0 Å². The van der Waals surface area contributed by atoms with E-state index in [-0.39, 0.29) is 5.69 Å². The lowest BCUT2D eigenvalue weighted by Gasteiger charge is -2.34. The van der Waals surface area contributed by atoms with Gasteiger partial charge in [0, 0.05) is 32.2 Å². The molecule has 1 N–H and O–H groups in total. The maximum atomic E-state index is 13.7. The predicted molar refractivity (Wildman–Crippen MR) is 86.0 cm³/mol. The van der Waals surface area contributed by atoms with Crippen LogP contribution in [0.3, 0.4) is 0 Å². The van der Waals surface area contributed by atoms with Crippen LogP contribution in [0.25, 0.3) is 0 Å². The lowest BCUT2D eigenvalue weighted by Crippen LogP contribution is -2.46. The van der Waals surface area contributed by atoms with Crippen molar-refractivity contribution in [3.8, 4) is 0 Å². The molecule has 1 aromatic carbocycles. The molecular formula is C16H18F3N5. The molecule has 128 valence electrons. The molecule has 0 radical (unpaired) electrons. The smallest absolute Gasteiger partial charge is 0.196 e. The van der Waals surface area contributed by atoms with Crippen LogP contribution >= 0.6 is 0 Å². The van der Waals surface area contributed by atoms with Crippen LogP contribution in [0.4, 0.5) is 30.5 Å². The maximum absolute atomic E-state index is 13.7. The Hall–Kier alpha value is -2.35. The van der Waals surface area contributed by atoms with Crippen LogP contribution in [0.15, 0.2) is 24.5 Å². The van der Waals surface area contributed by atoms with Crippen molar-refractivity contribution in [1.82, 2.24) is 14.9 Å². The normalized spacial score (nSPS) is 15.6. The lowest BCUT2D eigenvalue weighted by atomic mass is 10.2. The number of hydrogen-bond donors (Lipinski definition) is 1. The molecule has 3 rings (SSSR count). The molecule has 1 fully saturated rings. The summed E-state index contributed by atoms with van der Waals surface area (Å²) >= 11 is 0. The molecule has 1 aliphatic heterocycles. The first-order chi connectivity index (χ1) is 11.6. The molecule has 0 amide bonds. The molecule has 0 spiro atoms. The third-order valence-corrected chi connectivity index (χ3v) is 4.09. The highest BCUT2D eigenvalue weighted by Crippen LogP contribution is 2.24. The Bertz CT molecular complexity index is 717. The van der Waals surface area contributed by atoms with Gasteiger partial charge in [0.25, 0.3) is 0 Å². The maximum Gasteiger partial charge on any atom is 0.196 e. The first kappa shape index (κ1) is 16.5. The number of hydrogen-bond acceptors (Lipinski definition) is 5. The van der Waals surface area contributed by atoms with Gasteiger partial charge >= 0.3 is 0 Å². The van der Waals surface area contributed by atoms with Gasteiger partial charge in [-0.25, -0.2) is 23.1 Å². The monoisotopic (exact) mass is 337 g/mol. The molecule has 5 nitrogen and oxygen atoms in total. The highest BCUT2D eigenvalue weighted by atomic mass is 19.2. The van der Waals surface area contributed by atoms with Gasteiger partial charge in [0.05, 0.1) is 5.69 Å². The minimum Gasteiger partial charge on any atom is -0.354 e. The highest BCUT2D eigenvalue weighted by Gasteiger charge is 2.18. The number of benzene rings is 1. The summed E-state index contributed by atoms with van der Waals surface area (Å²) in [6.07, 6.45) is 1.36. The average molecular weight is 337 g/mol. The summed E-state index contributed by atoms with van der Waals surface area (Å²) < 4.78 is 40.0. The van der Waals surface area contributed by atoms with Gasteiger partial charge in [-0.15, -0.1) is 0 Å². The van der Waals surface area contributed by atoms with Crippen LogP contribution in [-0.4, -0.2) is 47.6 Å². The summed E-state index contributed by atoms with van der Waals surface area (Å²) in [5.41, 5.74) is -0.172. The van der Waals surface area contributed by atoms with Crippen molar-refractivity contribution in [3.05, 3.63) is 42.0 Å². The molecule has 1 aliphatic rings. The van der Waals surface area contributed by atoms with E-state index in [1.165, 1.54) is 6.33 Å². The molecular weight excluding hydrogens is 319 g/mol. The van der Waals surface area contributed by atoms with Gasteiger partial charge in [-0.1, -0.05) is 6.92 Å². The van der Waals surface area contributed by atoms with E-state index in [0.717, 1.165) is 44.9 Å². The largest absolute Gasteiger partial charge is 0.354 e. The molecule has 1 saturated heterocycles. The third kappa shape index (κ3) is 3.43. The minimum atomic E-state index is -1.51. The Labute approximate surface area is 138 Å². The van der Waals surface area contributed by atoms with Crippen molar-refractivity contribution in [1.29, 1.82) is 0 Å². The number of nitrogens with zero attached hydrogens (tertiary/aromatic N) is 4. The van der Waals surface area contributed by atoms with Crippen LogP contribution in [0.2, 0.25) is 0 Å². The predicted octanol–water partition coefficient (Wildman–Crippen LogP) is 2.78. The fourth-order valence-electron chi connectivity index (χ4n) is 2.64. The van der Waals surface area contributed by atoms with Crippen molar-refractivity contribution >= 4 is 17.3 Å². The first-order valence-corrected chi connectivity index (χ1v) is 7.78. The number of anilines is 3. The molecule has 0 saturated carbocycles. The number of piperazine rings is 1. The highest BCUT2D eigenvalue weighted by molar-refractivity contribution is 5.60. The Balaban J connectivity index is 1.75. The minimum absolute atomic E-state index is 0.172. The number of aromatic nitrogens is 2. The molecule has 2 heterocycles. The van der Waals surface area contributed by atoms with Gasteiger partial charge in [-0.05, 0) is 18.7 Å². The number of halogens is 3. The quantitative estimate of drug-likeness (QED) is 0.869. The summed E-state index contributed by atoms with van der Waals surface area (Å²) in [4.78, 5) is 12.7. The molecule has 0 atom stereocenters. The van der Waals surface area contributed by atoms with Gasteiger partial charge in [-0.3, -0.25) is 0 Å². The fraction of sp³-hybridized carbons (Fsp3) is 0.375. The van der Waals surface area contributed by atoms with Crippen LogP contribution in [-0.2, 0) is 0 Å². The van der Waals surface area contributed by atoms with Gasteiger partial charge in [0.2, 0.25) is 0 Å². The zero-order valence-electron chi connectivity index (χ0n) is 13.3. The second-order valence-corrected chi connectivity index (χ2v) is 5.53. The van der Waals surface area contributed by atoms with E-state index in [4.69, 9.17) is 0 Å². The van der Waals surface area contributed by atoms with Crippen molar-refractivity contribution < 1.29 is 13.2 Å². The number of likely N-dealkylation sites (N-methyl/N-ethyl adjacent to an activating group) is 1. The Morgan fingerprint density at radius 3 is 2.50 bits per heavy atom. The van der Waals surface area contributed by atoms with Crippen LogP contribution < -0.4 is 10.2 Å². The molecule has 1 aromatic heterocycles. The molecule has 0 unspecified atom stereocenters. The summed E-state index contributed by atoms with van der Waals surface area (Å²) in [6, 6.07) is 3.67. The van der Waals surface area contributed by atoms with Crippen LogP contribution in [0.1, 0.15) is 6.92 Å².